The first-order valence-corrected chi connectivity index (χ1v) is 7.95. The summed E-state index contributed by atoms with van der Waals surface area (Å²) in [7, 11) is 0. The van der Waals surface area contributed by atoms with Crippen molar-refractivity contribution < 1.29 is 17.9 Å². The minimum Gasteiger partial charge on any atom is -0.406 e. The molecule has 1 unspecified atom stereocenters. The van der Waals surface area contributed by atoms with E-state index in [-0.39, 0.29) is 11.0 Å². The molecule has 1 aliphatic rings. The van der Waals surface area contributed by atoms with Gasteiger partial charge in [0.05, 0.1) is 0 Å². The molecule has 0 saturated carbocycles. The van der Waals surface area contributed by atoms with E-state index in [4.69, 9.17) is 12.2 Å². The normalized spacial score (nSPS) is 16.9. The van der Waals surface area contributed by atoms with Crippen LogP contribution in [-0.4, -0.2) is 28.7 Å². The van der Waals surface area contributed by atoms with Gasteiger partial charge in [0.25, 0.3) is 0 Å². The molecule has 7 heteroatoms. The van der Waals surface area contributed by atoms with Crippen LogP contribution in [0.1, 0.15) is 30.6 Å². The molecule has 0 radical (unpaired) electrons. The van der Waals surface area contributed by atoms with Crippen LogP contribution >= 0.6 is 24.0 Å². The number of halogens is 3. The average molecular weight is 335 g/mol. The van der Waals surface area contributed by atoms with E-state index in [1.54, 1.807) is 23.9 Å². The number of likely N-dealkylation sites (tertiary alicyclic amines) is 1. The van der Waals surface area contributed by atoms with Crippen LogP contribution in [0.4, 0.5) is 13.2 Å². The Balaban J connectivity index is 1.93. The average Bonchev–Trinajstić information content (AvgIpc) is 2.91. The number of benzene rings is 1. The molecule has 1 aliphatic heterocycles. The molecular weight excluding hydrogens is 319 g/mol. The number of ether oxygens (including phenoxy) is 1. The molecule has 2 rings (SSSR count). The fraction of sp³-hybridized carbons (Fsp3) is 0.500. The predicted octanol–water partition coefficient (Wildman–Crippen LogP) is 4.76. The quantitative estimate of drug-likeness (QED) is 0.738. The summed E-state index contributed by atoms with van der Waals surface area (Å²) in [6.45, 7) is 3.99. The van der Waals surface area contributed by atoms with Gasteiger partial charge < -0.3 is 9.64 Å². The summed E-state index contributed by atoms with van der Waals surface area (Å²) in [5, 5.41) is 0.0954. The Kier molecular flexibility index (Phi) is 5.37. The number of hydrogen-bond donors (Lipinski definition) is 0. The van der Waals surface area contributed by atoms with Crippen molar-refractivity contribution in [2.45, 2.75) is 31.4 Å². The number of hydrogen-bond acceptors (Lipinski definition) is 3. The summed E-state index contributed by atoms with van der Waals surface area (Å²) in [5.41, 5.74) is 0.927. The van der Waals surface area contributed by atoms with Crippen LogP contribution in [0.25, 0.3) is 0 Å². The van der Waals surface area contributed by atoms with Gasteiger partial charge in [-0.2, -0.15) is 0 Å². The largest absolute Gasteiger partial charge is 0.573 e. The molecule has 1 saturated heterocycles. The van der Waals surface area contributed by atoms with Crippen molar-refractivity contribution in [1.29, 1.82) is 0 Å². The lowest BCUT2D eigenvalue weighted by Crippen LogP contribution is -2.23. The van der Waals surface area contributed by atoms with E-state index in [1.165, 1.54) is 25.0 Å². The summed E-state index contributed by atoms with van der Waals surface area (Å²) in [5.74, 6) is -0.203. The molecule has 1 heterocycles. The van der Waals surface area contributed by atoms with Crippen LogP contribution in [-0.2, 0) is 0 Å². The molecule has 0 spiro atoms. The van der Waals surface area contributed by atoms with Gasteiger partial charge in [-0.05, 0) is 37.5 Å². The molecule has 0 aromatic heterocycles. The summed E-state index contributed by atoms with van der Waals surface area (Å²) in [4.78, 5) is 2.18. The minimum atomic E-state index is -4.65. The van der Waals surface area contributed by atoms with Gasteiger partial charge >= 0.3 is 6.36 Å². The number of nitrogens with zero attached hydrogens (tertiary/aromatic N) is 1. The van der Waals surface area contributed by atoms with E-state index in [0.717, 1.165) is 23.0 Å². The van der Waals surface area contributed by atoms with Crippen molar-refractivity contribution in [3.63, 3.8) is 0 Å². The smallest absolute Gasteiger partial charge is 0.406 e. The van der Waals surface area contributed by atoms with Gasteiger partial charge in [-0.1, -0.05) is 36.1 Å². The second kappa shape index (κ2) is 6.87. The SMILES string of the molecule is CC(SC(=S)N1CCCC1)c1ccc(OC(F)(F)F)cc1. The first-order valence-electron chi connectivity index (χ1n) is 6.66. The van der Waals surface area contributed by atoms with E-state index in [1.807, 2.05) is 6.92 Å². The van der Waals surface area contributed by atoms with Gasteiger partial charge in [-0.3, -0.25) is 0 Å². The Morgan fingerprint density at radius 3 is 2.33 bits per heavy atom. The maximum Gasteiger partial charge on any atom is 0.573 e. The maximum atomic E-state index is 12.1. The van der Waals surface area contributed by atoms with Crippen molar-refractivity contribution in [3.8, 4) is 5.75 Å². The number of rotatable bonds is 3. The van der Waals surface area contributed by atoms with Gasteiger partial charge in [0, 0.05) is 18.3 Å². The second-order valence-corrected chi connectivity index (χ2v) is 6.81. The van der Waals surface area contributed by atoms with Crippen LogP contribution in [0.5, 0.6) is 5.75 Å². The van der Waals surface area contributed by atoms with Crippen LogP contribution in [0.2, 0.25) is 0 Å². The van der Waals surface area contributed by atoms with Crippen molar-refractivity contribution >= 4 is 28.3 Å². The lowest BCUT2D eigenvalue weighted by atomic mass is 10.2. The highest BCUT2D eigenvalue weighted by molar-refractivity contribution is 8.23. The zero-order chi connectivity index (χ0) is 15.5. The highest BCUT2D eigenvalue weighted by Gasteiger charge is 2.31. The van der Waals surface area contributed by atoms with Crippen molar-refractivity contribution in [2.24, 2.45) is 0 Å². The third kappa shape index (κ3) is 5.07. The summed E-state index contributed by atoms with van der Waals surface area (Å²) in [6, 6.07) is 5.95. The van der Waals surface area contributed by atoms with Gasteiger partial charge in [-0.15, -0.1) is 13.2 Å². The predicted molar refractivity (Wildman–Crippen MR) is 82.5 cm³/mol. The zero-order valence-corrected chi connectivity index (χ0v) is 13.2. The number of thiocarbonyl (C=S) groups is 1. The number of thioether (sulfide) groups is 1. The standard InChI is InChI=1S/C14H16F3NOS2/c1-10(21-13(20)18-8-2-3-9-18)11-4-6-12(7-5-11)19-14(15,16)17/h4-7,10H,2-3,8-9H2,1H3. The van der Waals surface area contributed by atoms with Gasteiger partial charge in [-0.25, -0.2) is 0 Å². The molecule has 1 aromatic carbocycles. The van der Waals surface area contributed by atoms with E-state index in [9.17, 15) is 13.2 Å². The van der Waals surface area contributed by atoms with E-state index in [2.05, 4.69) is 9.64 Å². The summed E-state index contributed by atoms with van der Waals surface area (Å²) in [6.07, 6.45) is -2.32. The Bertz CT molecular complexity index is 484. The lowest BCUT2D eigenvalue weighted by molar-refractivity contribution is -0.274. The topological polar surface area (TPSA) is 12.5 Å². The molecule has 1 atom stereocenters. The van der Waals surface area contributed by atoms with Gasteiger partial charge in [0.1, 0.15) is 10.1 Å². The molecule has 1 fully saturated rings. The highest BCUT2D eigenvalue weighted by atomic mass is 32.2. The van der Waals surface area contributed by atoms with Crippen LogP contribution in [0.15, 0.2) is 24.3 Å². The minimum absolute atomic E-state index is 0.0954. The fourth-order valence-corrected chi connectivity index (χ4v) is 3.68. The molecule has 0 aliphatic carbocycles. The Hall–Kier alpha value is -0.950. The Morgan fingerprint density at radius 1 is 1.24 bits per heavy atom. The van der Waals surface area contributed by atoms with Crippen LogP contribution in [0, 0.1) is 0 Å². The van der Waals surface area contributed by atoms with Crippen molar-refractivity contribution in [2.75, 3.05) is 13.1 Å². The van der Waals surface area contributed by atoms with E-state index < -0.39 is 6.36 Å². The first kappa shape index (κ1) is 16.4. The van der Waals surface area contributed by atoms with Gasteiger partial charge in [0.2, 0.25) is 0 Å². The van der Waals surface area contributed by atoms with E-state index in [0.29, 0.717) is 0 Å². The molecule has 116 valence electrons. The molecule has 2 nitrogen and oxygen atoms in total. The zero-order valence-electron chi connectivity index (χ0n) is 11.5. The third-order valence-electron chi connectivity index (χ3n) is 3.22. The first-order chi connectivity index (χ1) is 9.85. The fourth-order valence-electron chi connectivity index (χ4n) is 2.13. The van der Waals surface area contributed by atoms with Crippen molar-refractivity contribution in [1.82, 2.24) is 4.90 Å². The van der Waals surface area contributed by atoms with Gasteiger partial charge in [0.15, 0.2) is 0 Å². The molecule has 0 N–H and O–H groups in total. The summed E-state index contributed by atoms with van der Waals surface area (Å²) >= 11 is 6.97. The molecule has 1 aromatic rings. The van der Waals surface area contributed by atoms with Crippen molar-refractivity contribution in [3.05, 3.63) is 29.8 Å². The Labute approximate surface area is 131 Å². The van der Waals surface area contributed by atoms with Crippen LogP contribution in [0.3, 0.4) is 0 Å². The monoisotopic (exact) mass is 335 g/mol. The Morgan fingerprint density at radius 2 is 1.81 bits per heavy atom. The molecular formula is C14H16F3NOS2. The lowest BCUT2D eigenvalue weighted by Gasteiger charge is -2.21. The second-order valence-electron chi connectivity index (χ2n) is 4.84. The van der Waals surface area contributed by atoms with E-state index >= 15 is 0 Å². The molecule has 0 amide bonds. The maximum absolute atomic E-state index is 12.1. The molecule has 21 heavy (non-hydrogen) atoms. The molecule has 0 bridgehead atoms. The van der Waals surface area contributed by atoms with Crippen LogP contribution < -0.4 is 4.74 Å². The third-order valence-corrected chi connectivity index (χ3v) is 4.86. The number of alkyl halides is 3. The summed E-state index contributed by atoms with van der Waals surface area (Å²) < 4.78 is 41.0. The highest BCUT2D eigenvalue weighted by Crippen LogP contribution is 2.33.